The van der Waals surface area contributed by atoms with Crippen molar-refractivity contribution in [3.63, 3.8) is 0 Å². The zero-order chi connectivity index (χ0) is 14.0. The van der Waals surface area contributed by atoms with Crippen LogP contribution in [0.2, 0.25) is 0 Å². The predicted molar refractivity (Wildman–Crippen MR) is 70.1 cm³/mol. The Morgan fingerprint density at radius 3 is 2.58 bits per heavy atom. The van der Waals surface area contributed by atoms with Gasteiger partial charge in [0.25, 0.3) is 0 Å². The third kappa shape index (κ3) is 2.65. The number of benzene rings is 1. The Labute approximate surface area is 111 Å². The summed E-state index contributed by atoms with van der Waals surface area (Å²) in [5, 5.41) is 0. The van der Waals surface area contributed by atoms with Crippen molar-refractivity contribution < 1.29 is 14.0 Å². The van der Waals surface area contributed by atoms with E-state index in [0.29, 0.717) is 19.6 Å². The second-order valence-electron chi connectivity index (χ2n) is 4.59. The number of rotatable bonds is 3. The van der Waals surface area contributed by atoms with Crippen LogP contribution in [0.4, 0.5) is 10.1 Å². The number of halogens is 1. The highest BCUT2D eigenvalue weighted by Gasteiger charge is 2.34. The van der Waals surface area contributed by atoms with E-state index in [-0.39, 0.29) is 5.69 Å². The van der Waals surface area contributed by atoms with Crippen LogP contribution in [0, 0.1) is 5.82 Å². The predicted octanol–water partition coefficient (Wildman–Crippen LogP) is 1.58. The summed E-state index contributed by atoms with van der Waals surface area (Å²) in [6.07, 6.45) is 0. The zero-order valence-corrected chi connectivity index (χ0v) is 10.7. The van der Waals surface area contributed by atoms with Gasteiger partial charge in [-0.2, -0.15) is 0 Å². The topological polar surface area (TPSA) is 40.6 Å². The molecular weight excluding hydrogens is 247 g/mol. The van der Waals surface area contributed by atoms with Gasteiger partial charge in [-0.3, -0.25) is 14.5 Å². The molecule has 19 heavy (non-hydrogen) atoms. The van der Waals surface area contributed by atoms with Gasteiger partial charge >= 0.3 is 11.8 Å². The van der Waals surface area contributed by atoms with E-state index in [9.17, 15) is 14.0 Å². The van der Waals surface area contributed by atoms with Gasteiger partial charge < -0.3 is 4.90 Å². The van der Waals surface area contributed by atoms with Crippen LogP contribution in [-0.2, 0) is 9.59 Å². The molecule has 0 spiro atoms. The van der Waals surface area contributed by atoms with Crippen molar-refractivity contribution in [3.05, 3.63) is 42.2 Å². The fourth-order valence-corrected chi connectivity index (χ4v) is 2.05. The molecule has 0 aliphatic carbocycles. The minimum absolute atomic E-state index is 0.149. The van der Waals surface area contributed by atoms with Crippen LogP contribution in [0.15, 0.2) is 36.4 Å². The molecule has 1 aromatic rings. The molecular formula is C14H15FN2O2. The number of hydrogen-bond donors (Lipinski definition) is 0. The molecule has 1 aromatic carbocycles. The Bertz CT molecular complexity index is 542. The van der Waals surface area contributed by atoms with Crippen molar-refractivity contribution in [1.29, 1.82) is 0 Å². The van der Waals surface area contributed by atoms with Gasteiger partial charge in [-0.25, -0.2) is 4.39 Å². The van der Waals surface area contributed by atoms with Gasteiger partial charge in [0.2, 0.25) is 0 Å². The van der Waals surface area contributed by atoms with Gasteiger partial charge in [0.15, 0.2) is 0 Å². The number of carbonyl (C=O) groups is 2. The number of hydrogen-bond acceptors (Lipinski definition) is 2. The molecule has 0 N–H and O–H groups in total. The lowest BCUT2D eigenvalue weighted by Crippen LogP contribution is -2.55. The smallest absolute Gasteiger partial charge is 0.316 e. The Morgan fingerprint density at radius 1 is 1.26 bits per heavy atom. The first-order valence-corrected chi connectivity index (χ1v) is 6.00. The third-order valence-corrected chi connectivity index (χ3v) is 2.91. The number of piperazine rings is 1. The largest absolute Gasteiger partial charge is 0.329 e. The highest BCUT2D eigenvalue weighted by molar-refractivity contribution is 6.41. The lowest BCUT2D eigenvalue weighted by molar-refractivity contribution is -0.145. The summed E-state index contributed by atoms with van der Waals surface area (Å²) in [5.41, 5.74) is 0.955. The van der Waals surface area contributed by atoms with Crippen LogP contribution < -0.4 is 4.90 Å². The van der Waals surface area contributed by atoms with E-state index in [1.165, 1.54) is 21.9 Å². The van der Waals surface area contributed by atoms with Crippen molar-refractivity contribution in [2.75, 3.05) is 24.5 Å². The molecule has 1 fully saturated rings. The van der Waals surface area contributed by atoms with Crippen LogP contribution in [0.1, 0.15) is 6.92 Å². The Hall–Kier alpha value is -2.17. The SMILES string of the molecule is C=C(C)CN1CCN(c2ccccc2F)C(=O)C1=O. The first kappa shape index (κ1) is 13.3. The molecule has 0 atom stereocenters. The van der Waals surface area contributed by atoms with Gasteiger partial charge in [0, 0.05) is 19.6 Å². The Kier molecular flexibility index (Phi) is 3.64. The maximum absolute atomic E-state index is 13.6. The van der Waals surface area contributed by atoms with Crippen molar-refractivity contribution in [1.82, 2.24) is 4.90 Å². The van der Waals surface area contributed by atoms with E-state index in [1.54, 1.807) is 19.1 Å². The molecule has 1 heterocycles. The van der Waals surface area contributed by atoms with Crippen molar-refractivity contribution in [2.24, 2.45) is 0 Å². The lowest BCUT2D eigenvalue weighted by Gasteiger charge is -2.33. The molecule has 5 heteroatoms. The summed E-state index contributed by atoms with van der Waals surface area (Å²) < 4.78 is 13.6. The van der Waals surface area contributed by atoms with Gasteiger partial charge in [-0.15, -0.1) is 0 Å². The zero-order valence-electron chi connectivity index (χ0n) is 10.7. The molecule has 1 aliphatic heterocycles. The summed E-state index contributed by atoms with van der Waals surface area (Å²) in [6.45, 7) is 6.54. The van der Waals surface area contributed by atoms with E-state index in [1.807, 2.05) is 0 Å². The fraction of sp³-hybridized carbons (Fsp3) is 0.286. The van der Waals surface area contributed by atoms with Gasteiger partial charge in [-0.05, 0) is 19.1 Å². The van der Waals surface area contributed by atoms with E-state index < -0.39 is 17.6 Å². The number of nitrogens with zero attached hydrogens (tertiary/aromatic N) is 2. The van der Waals surface area contributed by atoms with Crippen molar-refractivity contribution in [3.8, 4) is 0 Å². The number of carbonyl (C=O) groups excluding carboxylic acids is 2. The minimum atomic E-state index is -0.697. The molecule has 0 aromatic heterocycles. The van der Waals surface area contributed by atoms with E-state index in [4.69, 9.17) is 0 Å². The second-order valence-corrected chi connectivity index (χ2v) is 4.59. The van der Waals surface area contributed by atoms with Gasteiger partial charge in [0.05, 0.1) is 5.69 Å². The average Bonchev–Trinajstić information content (AvgIpc) is 2.36. The minimum Gasteiger partial charge on any atom is -0.329 e. The maximum atomic E-state index is 13.6. The Balaban J connectivity index is 2.20. The average molecular weight is 262 g/mol. The quantitative estimate of drug-likeness (QED) is 0.613. The summed E-state index contributed by atoms with van der Waals surface area (Å²) in [7, 11) is 0. The summed E-state index contributed by atoms with van der Waals surface area (Å²) in [5.74, 6) is -1.81. The standard InChI is InChI=1S/C14H15FN2O2/c1-10(2)9-16-7-8-17(14(19)13(16)18)12-6-4-3-5-11(12)15/h3-6H,1,7-9H2,2H3. The normalized spacial score (nSPS) is 15.9. The molecule has 0 saturated carbocycles. The van der Waals surface area contributed by atoms with Gasteiger partial charge in [-0.1, -0.05) is 24.3 Å². The molecule has 2 amide bonds. The first-order valence-electron chi connectivity index (χ1n) is 6.00. The summed E-state index contributed by atoms with van der Waals surface area (Å²) in [4.78, 5) is 26.6. The molecule has 1 saturated heterocycles. The maximum Gasteiger partial charge on any atom is 0.316 e. The third-order valence-electron chi connectivity index (χ3n) is 2.91. The van der Waals surface area contributed by atoms with E-state index in [0.717, 1.165) is 5.57 Å². The first-order chi connectivity index (χ1) is 9.00. The van der Waals surface area contributed by atoms with Crippen molar-refractivity contribution in [2.45, 2.75) is 6.92 Å². The Morgan fingerprint density at radius 2 is 1.95 bits per heavy atom. The molecule has 2 rings (SSSR count). The number of amides is 2. The fourth-order valence-electron chi connectivity index (χ4n) is 2.05. The van der Waals surface area contributed by atoms with Crippen LogP contribution >= 0.6 is 0 Å². The molecule has 0 unspecified atom stereocenters. The molecule has 100 valence electrons. The highest BCUT2D eigenvalue weighted by Crippen LogP contribution is 2.21. The second kappa shape index (κ2) is 5.22. The molecule has 1 aliphatic rings. The van der Waals surface area contributed by atoms with Crippen LogP contribution in [0.5, 0.6) is 0 Å². The molecule has 0 radical (unpaired) electrons. The number of para-hydroxylation sites is 1. The van der Waals surface area contributed by atoms with Crippen LogP contribution in [0.3, 0.4) is 0 Å². The molecule has 4 nitrogen and oxygen atoms in total. The summed E-state index contributed by atoms with van der Waals surface area (Å²) in [6, 6.07) is 5.95. The van der Waals surface area contributed by atoms with Crippen LogP contribution in [-0.4, -0.2) is 36.3 Å². The van der Waals surface area contributed by atoms with Gasteiger partial charge in [0.1, 0.15) is 5.82 Å². The van der Waals surface area contributed by atoms with E-state index >= 15 is 0 Å². The lowest BCUT2D eigenvalue weighted by atomic mass is 10.2. The van der Waals surface area contributed by atoms with E-state index in [2.05, 4.69) is 6.58 Å². The van der Waals surface area contributed by atoms with Crippen LogP contribution in [0.25, 0.3) is 0 Å². The molecule has 0 bridgehead atoms. The highest BCUT2D eigenvalue weighted by atomic mass is 19.1. The number of anilines is 1. The monoisotopic (exact) mass is 262 g/mol. The van der Waals surface area contributed by atoms with Crippen molar-refractivity contribution >= 4 is 17.5 Å². The summed E-state index contributed by atoms with van der Waals surface area (Å²) >= 11 is 0.